The molecule has 19 heavy (non-hydrogen) atoms. The summed E-state index contributed by atoms with van der Waals surface area (Å²) in [5.41, 5.74) is 0.451. The predicted octanol–water partition coefficient (Wildman–Crippen LogP) is 3.66. The number of hydrogen-bond donors (Lipinski definition) is 0. The summed E-state index contributed by atoms with van der Waals surface area (Å²) in [7, 11) is 0. The van der Waals surface area contributed by atoms with E-state index in [0.29, 0.717) is 5.88 Å². The molecule has 0 spiro atoms. The first kappa shape index (κ1) is 13.2. The van der Waals surface area contributed by atoms with E-state index in [1.165, 1.54) is 12.3 Å². The molecule has 5 nitrogen and oxygen atoms in total. The molecular formula is C12H8ClFN2O3. The lowest BCUT2D eigenvalue weighted by Gasteiger charge is -2.05. The molecule has 7 heteroatoms. The molecule has 0 bridgehead atoms. The van der Waals surface area contributed by atoms with E-state index >= 15 is 0 Å². The summed E-state index contributed by atoms with van der Waals surface area (Å²) in [6.45, 7) is 0. The van der Waals surface area contributed by atoms with Crippen LogP contribution in [0, 0.1) is 15.9 Å². The van der Waals surface area contributed by atoms with Gasteiger partial charge in [-0.15, -0.1) is 11.6 Å². The number of pyridine rings is 1. The van der Waals surface area contributed by atoms with Gasteiger partial charge in [-0.1, -0.05) is 6.07 Å². The molecule has 0 radical (unpaired) electrons. The molecule has 0 unspecified atom stereocenters. The van der Waals surface area contributed by atoms with Crippen molar-refractivity contribution in [1.82, 2.24) is 4.98 Å². The van der Waals surface area contributed by atoms with E-state index < -0.39 is 10.7 Å². The number of ether oxygens (including phenoxy) is 1. The fraction of sp³-hybridized carbons (Fsp3) is 0.0833. The third-order valence-electron chi connectivity index (χ3n) is 2.28. The van der Waals surface area contributed by atoms with Gasteiger partial charge < -0.3 is 4.74 Å². The van der Waals surface area contributed by atoms with Crippen molar-refractivity contribution in [1.29, 1.82) is 0 Å². The number of nitro benzene ring substituents is 1. The highest BCUT2D eigenvalue weighted by Crippen LogP contribution is 2.31. The van der Waals surface area contributed by atoms with E-state index in [9.17, 15) is 14.5 Å². The van der Waals surface area contributed by atoms with Crippen LogP contribution in [-0.2, 0) is 5.88 Å². The summed E-state index contributed by atoms with van der Waals surface area (Å²) in [6, 6.07) is 6.15. The maximum absolute atomic E-state index is 13.1. The molecule has 98 valence electrons. The van der Waals surface area contributed by atoms with Crippen LogP contribution in [0.2, 0.25) is 0 Å². The van der Waals surface area contributed by atoms with Crippen molar-refractivity contribution in [3.8, 4) is 11.6 Å². The minimum absolute atomic E-state index is 0.127. The Kier molecular flexibility index (Phi) is 3.91. The third-order valence-corrected chi connectivity index (χ3v) is 2.59. The number of aromatic nitrogens is 1. The Balaban J connectivity index is 2.31. The number of hydrogen-bond acceptors (Lipinski definition) is 4. The number of halogens is 2. The Morgan fingerprint density at radius 2 is 2.16 bits per heavy atom. The Bertz CT molecular complexity index is 604. The van der Waals surface area contributed by atoms with Gasteiger partial charge in [-0.05, 0) is 11.6 Å². The SMILES string of the molecule is O=[N+]([O-])c1ccc(F)cc1Oc1ccc(CCl)cn1. The second-order valence-electron chi connectivity index (χ2n) is 3.61. The van der Waals surface area contributed by atoms with Crippen LogP contribution >= 0.6 is 11.6 Å². The van der Waals surface area contributed by atoms with Crippen LogP contribution in [0.1, 0.15) is 5.56 Å². The zero-order chi connectivity index (χ0) is 13.8. The third kappa shape index (κ3) is 3.17. The Morgan fingerprint density at radius 3 is 2.74 bits per heavy atom. The van der Waals surface area contributed by atoms with Gasteiger partial charge in [-0.2, -0.15) is 0 Å². The molecule has 1 aromatic carbocycles. The van der Waals surface area contributed by atoms with E-state index in [1.54, 1.807) is 6.07 Å². The average Bonchev–Trinajstić information content (AvgIpc) is 2.39. The lowest BCUT2D eigenvalue weighted by molar-refractivity contribution is -0.385. The molecule has 1 heterocycles. The van der Waals surface area contributed by atoms with Crippen LogP contribution in [0.15, 0.2) is 36.5 Å². The van der Waals surface area contributed by atoms with E-state index in [0.717, 1.165) is 23.8 Å². The van der Waals surface area contributed by atoms with Gasteiger partial charge in [0.05, 0.1) is 4.92 Å². The minimum Gasteiger partial charge on any atom is -0.432 e. The standard InChI is InChI=1S/C12H8ClFN2O3/c13-6-8-1-4-12(15-7-8)19-11-5-9(14)2-3-10(11)16(17)18/h1-5,7H,6H2. The molecular weight excluding hydrogens is 275 g/mol. The number of alkyl halides is 1. The molecule has 0 aliphatic rings. The maximum atomic E-state index is 13.1. The fourth-order valence-corrected chi connectivity index (χ4v) is 1.54. The second kappa shape index (κ2) is 5.62. The number of nitro groups is 1. The summed E-state index contributed by atoms with van der Waals surface area (Å²) < 4.78 is 18.3. The van der Waals surface area contributed by atoms with Crippen LogP contribution < -0.4 is 4.74 Å². The zero-order valence-electron chi connectivity index (χ0n) is 9.55. The van der Waals surface area contributed by atoms with Crippen molar-refractivity contribution in [2.24, 2.45) is 0 Å². The summed E-state index contributed by atoms with van der Waals surface area (Å²) in [6.07, 6.45) is 1.48. The predicted molar refractivity (Wildman–Crippen MR) is 66.9 cm³/mol. The lowest BCUT2D eigenvalue weighted by atomic mass is 10.3. The maximum Gasteiger partial charge on any atom is 0.311 e. The monoisotopic (exact) mass is 282 g/mol. The van der Waals surface area contributed by atoms with Gasteiger partial charge in [0.1, 0.15) is 5.82 Å². The first-order valence-electron chi connectivity index (χ1n) is 5.23. The molecule has 0 saturated carbocycles. The quantitative estimate of drug-likeness (QED) is 0.487. The van der Waals surface area contributed by atoms with Crippen molar-refractivity contribution >= 4 is 17.3 Å². The van der Waals surface area contributed by atoms with E-state index in [-0.39, 0.29) is 17.3 Å². The number of nitrogens with zero attached hydrogens (tertiary/aromatic N) is 2. The van der Waals surface area contributed by atoms with Crippen LogP contribution in [0.3, 0.4) is 0 Å². The van der Waals surface area contributed by atoms with Gasteiger partial charge in [0.25, 0.3) is 0 Å². The van der Waals surface area contributed by atoms with Crippen molar-refractivity contribution in [3.63, 3.8) is 0 Å². The molecule has 0 amide bonds. The van der Waals surface area contributed by atoms with Crippen molar-refractivity contribution in [2.75, 3.05) is 0 Å². The van der Waals surface area contributed by atoms with Crippen LogP contribution in [0.5, 0.6) is 11.6 Å². The fourth-order valence-electron chi connectivity index (χ4n) is 1.38. The average molecular weight is 283 g/mol. The summed E-state index contributed by atoms with van der Waals surface area (Å²) in [4.78, 5) is 14.1. The van der Waals surface area contributed by atoms with Gasteiger partial charge in [0.2, 0.25) is 11.6 Å². The molecule has 0 N–H and O–H groups in total. The van der Waals surface area contributed by atoms with Crippen LogP contribution in [-0.4, -0.2) is 9.91 Å². The molecule has 0 saturated heterocycles. The van der Waals surface area contributed by atoms with Crippen molar-refractivity contribution in [2.45, 2.75) is 5.88 Å². The Hall–Kier alpha value is -2.21. The molecule has 0 aliphatic heterocycles. The molecule has 0 fully saturated rings. The van der Waals surface area contributed by atoms with Gasteiger partial charge in [-0.3, -0.25) is 10.1 Å². The van der Waals surface area contributed by atoms with Crippen LogP contribution in [0.4, 0.5) is 10.1 Å². The van der Waals surface area contributed by atoms with Gasteiger partial charge in [0.15, 0.2) is 0 Å². The summed E-state index contributed by atoms with van der Waals surface area (Å²) >= 11 is 5.61. The van der Waals surface area contributed by atoms with E-state index in [4.69, 9.17) is 16.3 Å². The van der Waals surface area contributed by atoms with Gasteiger partial charge in [0, 0.05) is 30.3 Å². The molecule has 0 atom stereocenters. The van der Waals surface area contributed by atoms with Crippen LogP contribution in [0.25, 0.3) is 0 Å². The summed E-state index contributed by atoms with van der Waals surface area (Å²) in [5.74, 6) is -0.399. The molecule has 1 aromatic heterocycles. The number of benzene rings is 1. The van der Waals surface area contributed by atoms with E-state index in [2.05, 4.69) is 4.98 Å². The minimum atomic E-state index is -0.651. The topological polar surface area (TPSA) is 65.3 Å². The highest BCUT2D eigenvalue weighted by atomic mass is 35.5. The number of rotatable bonds is 4. The van der Waals surface area contributed by atoms with Gasteiger partial charge >= 0.3 is 5.69 Å². The molecule has 2 aromatic rings. The smallest absolute Gasteiger partial charge is 0.311 e. The first-order chi connectivity index (χ1) is 9.10. The largest absolute Gasteiger partial charge is 0.432 e. The first-order valence-corrected chi connectivity index (χ1v) is 5.76. The van der Waals surface area contributed by atoms with Gasteiger partial charge in [-0.25, -0.2) is 9.37 Å². The van der Waals surface area contributed by atoms with Crippen molar-refractivity contribution < 1.29 is 14.1 Å². The second-order valence-corrected chi connectivity index (χ2v) is 3.88. The normalized spacial score (nSPS) is 10.2. The lowest BCUT2D eigenvalue weighted by Crippen LogP contribution is -1.95. The Labute approximate surface area is 112 Å². The van der Waals surface area contributed by atoms with Crippen molar-refractivity contribution in [3.05, 3.63) is 58.0 Å². The van der Waals surface area contributed by atoms with E-state index in [1.807, 2.05) is 0 Å². The molecule has 0 aliphatic carbocycles. The Morgan fingerprint density at radius 1 is 1.37 bits per heavy atom. The summed E-state index contributed by atoms with van der Waals surface area (Å²) in [5, 5.41) is 10.8. The molecule has 2 rings (SSSR count). The highest BCUT2D eigenvalue weighted by molar-refractivity contribution is 6.17. The highest BCUT2D eigenvalue weighted by Gasteiger charge is 2.17. The zero-order valence-corrected chi connectivity index (χ0v) is 10.3.